The molecule has 3 heterocycles. The molecular formula is C16H23N5OS. The average Bonchev–Trinajstić information content (AvgIpc) is 3.21. The Hall–Kier alpha value is -1.50. The Morgan fingerprint density at radius 1 is 1.22 bits per heavy atom. The molecule has 7 heteroatoms. The highest BCUT2D eigenvalue weighted by Crippen LogP contribution is 2.25. The van der Waals surface area contributed by atoms with Crippen molar-refractivity contribution < 1.29 is 4.79 Å². The standard InChI is InChI=1S/C16H23N5OS/c1-11-10-17-16(23-11)21-8-6-20(7-9-21)15(22)14-12-4-2-3-5-13(12)18-19-14/h11H,2-10H2,1H3,(H,18,19)/t11-/m0/s1. The second kappa shape index (κ2) is 6.19. The summed E-state index contributed by atoms with van der Waals surface area (Å²) in [5, 5.41) is 9.13. The fraction of sp³-hybridized carbons (Fsp3) is 0.688. The largest absolute Gasteiger partial charge is 0.348 e. The number of rotatable bonds is 1. The number of amidine groups is 1. The molecule has 6 nitrogen and oxygen atoms in total. The Labute approximate surface area is 140 Å². The van der Waals surface area contributed by atoms with E-state index in [1.807, 2.05) is 16.7 Å². The van der Waals surface area contributed by atoms with E-state index in [4.69, 9.17) is 0 Å². The maximum Gasteiger partial charge on any atom is 0.274 e. The first-order chi connectivity index (χ1) is 11.2. The maximum absolute atomic E-state index is 12.8. The molecule has 0 aromatic carbocycles. The zero-order valence-corrected chi connectivity index (χ0v) is 14.4. The zero-order valence-electron chi connectivity index (χ0n) is 13.5. The highest BCUT2D eigenvalue weighted by molar-refractivity contribution is 8.14. The summed E-state index contributed by atoms with van der Waals surface area (Å²) < 4.78 is 0. The van der Waals surface area contributed by atoms with E-state index in [0.29, 0.717) is 10.9 Å². The molecule has 1 aromatic rings. The third-order valence-corrected chi connectivity index (χ3v) is 6.04. The zero-order chi connectivity index (χ0) is 15.8. The molecule has 0 saturated carbocycles. The Morgan fingerprint density at radius 2 is 2.00 bits per heavy atom. The van der Waals surface area contributed by atoms with E-state index >= 15 is 0 Å². The number of amides is 1. The van der Waals surface area contributed by atoms with Crippen LogP contribution >= 0.6 is 11.8 Å². The quantitative estimate of drug-likeness (QED) is 0.847. The molecule has 3 aliphatic rings. The number of nitrogens with one attached hydrogen (secondary N) is 1. The van der Waals surface area contributed by atoms with Gasteiger partial charge >= 0.3 is 0 Å². The summed E-state index contributed by atoms with van der Waals surface area (Å²) in [7, 11) is 0. The smallest absolute Gasteiger partial charge is 0.274 e. The number of thioether (sulfide) groups is 1. The summed E-state index contributed by atoms with van der Waals surface area (Å²) in [4.78, 5) is 21.7. The molecule has 1 fully saturated rings. The van der Waals surface area contributed by atoms with Crippen molar-refractivity contribution in [3.05, 3.63) is 17.0 Å². The topological polar surface area (TPSA) is 64.6 Å². The Balaban J connectivity index is 1.40. The first-order valence-corrected chi connectivity index (χ1v) is 9.42. The van der Waals surface area contributed by atoms with Crippen molar-refractivity contribution in [2.75, 3.05) is 32.7 Å². The van der Waals surface area contributed by atoms with Crippen LogP contribution in [0.15, 0.2) is 4.99 Å². The van der Waals surface area contributed by atoms with Crippen molar-refractivity contribution in [3.8, 4) is 0 Å². The minimum absolute atomic E-state index is 0.0958. The van der Waals surface area contributed by atoms with Crippen molar-refractivity contribution >= 4 is 22.8 Å². The molecule has 23 heavy (non-hydrogen) atoms. The van der Waals surface area contributed by atoms with Crippen LogP contribution in [0, 0.1) is 0 Å². The number of aromatic amines is 1. The predicted octanol–water partition coefficient (Wildman–Crippen LogP) is 1.54. The normalized spacial score (nSPS) is 24.6. The summed E-state index contributed by atoms with van der Waals surface area (Å²) in [5.41, 5.74) is 2.99. The van der Waals surface area contributed by atoms with Crippen LogP contribution in [0.1, 0.15) is 41.5 Å². The number of aliphatic imine (C=N–C) groups is 1. The van der Waals surface area contributed by atoms with Gasteiger partial charge in [0.05, 0.1) is 6.54 Å². The van der Waals surface area contributed by atoms with Gasteiger partial charge in [-0.05, 0) is 25.7 Å². The van der Waals surface area contributed by atoms with E-state index in [1.54, 1.807) is 0 Å². The van der Waals surface area contributed by atoms with Gasteiger partial charge in [0.1, 0.15) is 0 Å². The van der Waals surface area contributed by atoms with Crippen LogP contribution in [0.2, 0.25) is 0 Å². The molecule has 0 spiro atoms. The van der Waals surface area contributed by atoms with Crippen LogP contribution < -0.4 is 0 Å². The number of hydrogen-bond acceptors (Lipinski definition) is 5. The second-order valence-corrected chi connectivity index (χ2v) is 7.97. The summed E-state index contributed by atoms with van der Waals surface area (Å²) in [6.45, 7) is 6.39. The van der Waals surface area contributed by atoms with Crippen LogP contribution in [-0.4, -0.2) is 69.0 Å². The van der Waals surface area contributed by atoms with Crippen LogP contribution in [0.3, 0.4) is 0 Å². The van der Waals surface area contributed by atoms with Gasteiger partial charge in [0, 0.05) is 42.7 Å². The monoisotopic (exact) mass is 333 g/mol. The molecule has 1 aromatic heterocycles. The van der Waals surface area contributed by atoms with Crippen LogP contribution in [0.4, 0.5) is 0 Å². The van der Waals surface area contributed by atoms with E-state index in [2.05, 4.69) is 27.0 Å². The Kier molecular flexibility index (Phi) is 4.05. The predicted molar refractivity (Wildman–Crippen MR) is 92.1 cm³/mol. The molecule has 0 unspecified atom stereocenters. The lowest BCUT2D eigenvalue weighted by molar-refractivity contribution is 0.0686. The van der Waals surface area contributed by atoms with Gasteiger partial charge in [0.15, 0.2) is 10.9 Å². The molecule has 1 N–H and O–H groups in total. The minimum Gasteiger partial charge on any atom is -0.348 e. The highest BCUT2D eigenvalue weighted by atomic mass is 32.2. The number of piperazine rings is 1. The van der Waals surface area contributed by atoms with Crippen LogP contribution in [0.25, 0.3) is 0 Å². The van der Waals surface area contributed by atoms with Crippen molar-refractivity contribution in [2.24, 2.45) is 4.99 Å². The lowest BCUT2D eigenvalue weighted by Gasteiger charge is -2.35. The maximum atomic E-state index is 12.8. The van der Waals surface area contributed by atoms with Gasteiger partial charge in [-0.25, -0.2) is 0 Å². The van der Waals surface area contributed by atoms with E-state index < -0.39 is 0 Å². The number of hydrogen-bond donors (Lipinski definition) is 1. The molecule has 1 saturated heterocycles. The van der Waals surface area contributed by atoms with Crippen molar-refractivity contribution in [2.45, 2.75) is 37.9 Å². The molecule has 2 aliphatic heterocycles. The number of H-pyrrole nitrogens is 1. The van der Waals surface area contributed by atoms with Crippen molar-refractivity contribution in [1.82, 2.24) is 20.0 Å². The number of aromatic nitrogens is 2. The lowest BCUT2D eigenvalue weighted by atomic mass is 9.95. The molecular weight excluding hydrogens is 310 g/mol. The van der Waals surface area contributed by atoms with Gasteiger partial charge in [0.25, 0.3) is 5.91 Å². The van der Waals surface area contributed by atoms with Crippen molar-refractivity contribution in [1.29, 1.82) is 0 Å². The number of carbonyl (C=O) groups excluding carboxylic acids is 1. The van der Waals surface area contributed by atoms with E-state index in [9.17, 15) is 4.79 Å². The van der Waals surface area contributed by atoms with E-state index in [1.165, 1.54) is 12.1 Å². The number of carbonyl (C=O) groups is 1. The highest BCUT2D eigenvalue weighted by Gasteiger charge is 2.30. The molecule has 0 radical (unpaired) electrons. The van der Waals surface area contributed by atoms with E-state index in [0.717, 1.165) is 62.7 Å². The van der Waals surface area contributed by atoms with Crippen LogP contribution in [-0.2, 0) is 12.8 Å². The number of nitrogens with zero attached hydrogens (tertiary/aromatic N) is 4. The fourth-order valence-corrected chi connectivity index (χ4v) is 4.53. The Bertz CT molecular complexity index is 632. The second-order valence-electron chi connectivity index (χ2n) is 6.57. The van der Waals surface area contributed by atoms with Gasteiger partial charge in [0.2, 0.25) is 0 Å². The van der Waals surface area contributed by atoms with Gasteiger partial charge in [-0.2, -0.15) is 5.10 Å². The molecule has 1 amide bonds. The average molecular weight is 333 g/mol. The fourth-order valence-electron chi connectivity index (χ4n) is 3.54. The summed E-state index contributed by atoms with van der Waals surface area (Å²) in [5.74, 6) is 0.0958. The minimum atomic E-state index is 0.0958. The van der Waals surface area contributed by atoms with Gasteiger partial charge in [-0.3, -0.25) is 14.9 Å². The van der Waals surface area contributed by atoms with Gasteiger partial charge in [-0.1, -0.05) is 18.7 Å². The molecule has 4 rings (SSSR count). The van der Waals surface area contributed by atoms with E-state index in [-0.39, 0.29) is 5.91 Å². The summed E-state index contributed by atoms with van der Waals surface area (Å²) in [6, 6.07) is 0. The first kappa shape index (κ1) is 15.1. The van der Waals surface area contributed by atoms with Gasteiger partial charge in [-0.15, -0.1) is 0 Å². The third-order valence-electron chi connectivity index (χ3n) is 4.89. The molecule has 124 valence electrons. The summed E-state index contributed by atoms with van der Waals surface area (Å²) >= 11 is 1.85. The first-order valence-electron chi connectivity index (χ1n) is 8.54. The SMILES string of the molecule is C[C@H]1CN=C(N2CCN(C(=O)c3n[nH]c4c3CCCC4)CC2)S1. The molecule has 0 bridgehead atoms. The Morgan fingerprint density at radius 3 is 2.74 bits per heavy atom. The number of aryl methyl sites for hydroxylation is 1. The third kappa shape index (κ3) is 2.86. The van der Waals surface area contributed by atoms with Crippen molar-refractivity contribution in [3.63, 3.8) is 0 Å². The van der Waals surface area contributed by atoms with Crippen LogP contribution in [0.5, 0.6) is 0 Å². The van der Waals surface area contributed by atoms with Gasteiger partial charge < -0.3 is 9.80 Å². The molecule has 1 atom stereocenters. The summed E-state index contributed by atoms with van der Waals surface area (Å²) in [6.07, 6.45) is 4.37. The number of fused-ring (bicyclic) bond motifs is 1. The lowest BCUT2D eigenvalue weighted by Crippen LogP contribution is -2.50. The molecule has 1 aliphatic carbocycles.